The van der Waals surface area contributed by atoms with Crippen LogP contribution in [0.1, 0.15) is 27.8 Å². The van der Waals surface area contributed by atoms with Crippen LogP contribution in [0.5, 0.6) is 0 Å². The Kier molecular flexibility index (Phi) is 6.86. The van der Waals surface area contributed by atoms with Crippen LogP contribution < -0.4 is 4.57 Å². The first-order valence-electron chi connectivity index (χ1n) is 18.9. The van der Waals surface area contributed by atoms with Crippen LogP contribution in [-0.4, -0.2) is 14.1 Å². The molecule has 0 amide bonds. The van der Waals surface area contributed by atoms with Gasteiger partial charge in [0.2, 0.25) is 6.33 Å². The molecule has 0 N–H and O–H groups in total. The fraction of sp³-hybridized carbons (Fsp3) is 0.0588. The van der Waals surface area contributed by atoms with Gasteiger partial charge in [-0.1, -0.05) is 127 Å². The molecule has 4 heteroatoms. The van der Waals surface area contributed by atoms with E-state index in [0.717, 1.165) is 28.1 Å². The Morgan fingerprint density at radius 3 is 1.98 bits per heavy atom. The van der Waals surface area contributed by atoms with Crippen molar-refractivity contribution in [1.82, 2.24) is 14.1 Å². The lowest BCUT2D eigenvalue weighted by Crippen LogP contribution is -2.29. The number of fused-ring (bicyclic) bond motifs is 7. The lowest BCUT2D eigenvalue weighted by atomic mass is 9.67. The number of benzene rings is 7. The summed E-state index contributed by atoms with van der Waals surface area (Å²) in [4.78, 5) is 5.04. The van der Waals surface area contributed by atoms with Gasteiger partial charge < -0.3 is 0 Å². The molecule has 55 heavy (non-hydrogen) atoms. The second-order valence-corrected chi connectivity index (χ2v) is 14.8. The predicted molar refractivity (Wildman–Crippen MR) is 224 cm³/mol. The van der Waals surface area contributed by atoms with Crippen molar-refractivity contribution in [3.05, 3.63) is 216 Å². The summed E-state index contributed by atoms with van der Waals surface area (Å²) in [6, 6.07) is 64.5. The van der Waals surface area contributed by atoms with Gasteiger partial charge in [-0.2, -0.15) is 4.57 Å². The average molecular weight is 706 g/mol. The number of aryl methyl sites for hydroxylation is 2. The molecular weight excluding hydrogens is 669 g/mol. The minimum atomic E-state index is -0.583. The third kappa shape index (κ3) is 4.52. The minimum absolute atomic E-state index is 0.583. The Labute approximate surface area is 319 Å². The van der Waals surface area contributed by atoms with Crippen LogP contribution in [0.15, 0.2) is 188 Å². The zero-order valence-electron chi connectivity index (χ0n) is 30.7. The molecule has 0 saturated heterocycles. The van der Waals surface area contributed by atoms with Crippen molar-refractivity contribution in [2.45, 2.75) is 12.3 Å². The third-order valence-corrected chi connectivity index (χ3v) is 11.9. The van der Waals surface area contributed by atoms with E-state index in [-0.39, 0.29) is 0 Å². The van der Waals surface area contributed by atoms with E-state index in [9.17, 15) is 0 Å². The highest BCUT2D eigenvalue weighted by atomic mass is 15.1. The van der Waals surface area contributed by atoms with Crippen LogP contribution in [0.3, 0.4) is 0 Å². The summed E-state index contributed by atoms with van der Waals surface area (Å²) >= 11 is 0. The first kappa shape index (κ1) is 31.5. The fourth-order valence-corrected chi connectivity index (χ4v) is 9.44. The van der Waals surface area contributed by atoms with Crippen molar-refractivity contribution >= 4 is 32.8 Å². The maximum atomic E-state index is 5.04. The van der Waals surface area contributed by atoms with Gasteiger partial charge >= 0.3 is 0 Å². The summed E-state index contributed by atoms with van der Waals surface area (Å²) in [6.45, 7) is 2.17. The summed E-state index contributed by atoms with van der Waals surface area (Å²) < 4.78 is 6.87. The van der Waals surface area contributed by atoms with E-state index in [0.29, 0.717) is 0 Å². The number of para-hydroxylation sites is 3. The van der Waals surface area contributed by atoms with Crippen LogP contribution in [0, 0.1) is 6.92 Å². The SMILES string of the molecule is Cc1ccccc1-c1ccnc(-n2c3ccccc3c3ccc(C4(c5cccc(-n6c[n+](C)c7ccccc76)c5)c5ccccc5-c5ccccc54)cc32)c1. The van der Waals surface area contributed by atoms with E-state index in [1.54, 1.807) is 0 Å². The third-order valence-electron chi connectivity index (χ3n) is 11.9. The van der Waals surface area contributed by atoms with Gasteiger partial charge in [-0.05, 0) is 106 Å². The number of nitrogens with zero attached hydrogens (tertiary/aromatic N) is 4. The summed E-state index contributed by atoms with van der Waals surface area (Å²) in [6.07, 6.45) is 4.14. The van der Waals surface area contributed by atoms with Crippen molar-refractivity contribution in [2.75, 3.05) is 0 Å². The zero-order chi connectivity index (χ0) is 36.7. The Morgan fingerprint density at radius 2 is 1.18 bits per heavy atom. The number of hydrogen-bond acceptors (Lipinski definition) is 1. The quantitative estimate of drug-likeness (QED) is 0.164. The summed E-state index contributed by atoms with van der Waals surface area (Å²) in [5.74, 6) is 0.903. The monoisotopic (exact) mass is 705 g/mol. The summed E-state index contributed by atoms with van der Waals surface area (Å²) in [5, 5.41) is 2.42. The van der Waals surface area contributed by atoms with Gasteiger partial charge in [0, 0.05) is 17.0 Å². The molecule has 3 aromatic heterocycles. The Morgan fingerprint density at radius 1 is 0.527 bits per heavy atom. The van der Waals surface area contributed by atoms with Gasteiger partial charge in [-0.25, -0.2) is 9.55 Å². The molecule has 11 rings (SSSR count). The van der Waals surface area contributed by atoms with Gasteiger partial charge in [0.25, 0.3) is 0 Å². The van der Waals surface area contributed by atoms with Gasteiger partial charge in [0.15, 0.2) is 11.0 Å². The van der Waals surface area contributed by atoms with E-state index in [1.807, 2.05) is 6.20 Å². The number of rotatable bonds is 5. The van der Waals surface area contributed by atoms with E-state index in [1.165, 1.54) is 66.3 Å². The van der Waals surface area contributed by atoms with Crippen LogP contribution in [0.2, 0.25) is 0 Å². The van der Waals surface area contributed by atoms with Crippen molar-refractivity contribution in [2.24, 2.45) is 7.05 Å². The second kappa shape index (κ2) is 12.0. The summed E-state index contributed by atoms with van der Waals surface area (Å²) in [5.41, 5.74) is 16.4. The smallest absolute Gasteiger partial charge is 0.249 e. The first-order valence-corrected chi connectivity index (χ1v) is 18.9. The molecule has 0 saturated carbocycles. The maximum Gasteiger partial charge on any atom is 0.249 e. The number of imidazole rings is 1. The van der Waals surface area contributed by atoms with Crippen LogP contribution in [0.4, 0.5) is 0 Å². The van der Waals surface area contributed by atoms with Crippen LogP contribution in [-0.2, 0) is 12.5 Å². The zero-order valence-corrected chi connectivity index (χ0v) is 30.7. The standard InChI is InChI=1S/C51H37N4/c1-34-14-3-4-17-39(34)35-28-29-52-50(30-35)55-46-23-10-7-20-42(46)43-27-26-37(32-49(43)55)51(44-21-8-5-18-40(44)41-19-6-9-22-45(41)51)36-15-13-16-38(31-36)54-33-53(2)47-24-11-12-25-48(47)54/h3-33H,1-2H3/q+1. The van der Waals surface area contributed by atoms with E-state index in [2.05, 4.69) is 210 Å². The van der Waals surface area contributed by atoms with E-state index >= 15 is 0 Å². The van der Waals surface area contributed by atoms with Gasteiger partial charge in [-0.15, -0.1) is 0 Å². The highest BCUT2D eigenvalue weighted by Crippen LogP contribution is 2.56. The molecule has 0 fully saturated rings. The highest BCUT2D eigenvalue weighted by molar-refractivity contribution is 6.09. The Hall–Kier alpha value is -7.04. The predicted octanol–water partition coefficient (Wildman–Crippen LogP) is 11.3. The molecule has 0 unspecified atom stereocenters. The number of hydrogen-bond donors (Lipinski definition) is 0. The van der Waals surface area contributed by atoms with E-state index < -0.39 is 5.41 Å². The molecule has 1 aliphatic carbocycles. The largest absolute Gasteiger partial charge is 0.294 e. The lowest BCUT2D eigenvalue weighted by molar-refractivity contribution is -0.645. The van der Waals surface area contributed by atoms with Crippen molar-refractivity contribution in [1.29, 1.82) is 0 Å². The average Bonchev–Trinajstić information content (AvgIpc) is 3.87. The highest BCUT2D eigenvalue weighted by Gasteiger charge is 2.46. The summed E-state index contributed by atoms with van der Waals surface area (Å²) in [7, 11) is 2.12. The molecule has 0 spiro atoms. The molecular formula is C51H37N4+. The van der Waals surface area contributed by atoms with Crippen molar-refractivity contribution in [3.63, 3.8) is 0 Å². The van der Waals surface area contributed by atoms with Crippen LogP contribution in [0.25, 0.3) is 66.6 Å². The van der Waals surface area contributed by atoms with Crippen molar-refractivity contribution < 1.29 is 4.57 Å². The van der Waals surface area contributed by atoms with E-state index in [4.69, 9.17) is 4.98 Å². The molecule has 3 heterocycles. The number of aromatic nitrogens is 4. The molecule has 0 atom stereocenters. The normalized spacial score (nSPS) is 13.1. The lowest BCUT2D eigenvalue weighted by Gasteiger charge is -2.34. The van der Waals surface area contributed by atoms with Gasteiger partial charge in [0.1, 0.15) is 11.5 Å². The molecule has 0 bridgehead atoms. The molecule has 260 valence electrons. The van der Waals surface area contributed by atoms with Gasteiger partial charge in [0.05, 0.1) is 23.5 Å². The Balaban J connectivity index is 1.21. The first-order chi connectivity index (χ1) is 27.1. The molecule has 0 aliphatic heterocycles. The van der Waals surface area contributed by atoms with Gasteiger partial charge in [-0.3, -0.25) is 4.57 Å². The molecule has 7 aromatic carbocycles. The molecule has 0 radical (unpaired) electrons. The molecule has 1 aliphatic rings. The maximum absolute atomic E-state index is 5.04. The minimum Gasteiger partial charge on any atom is -0.294 e. The molecule has 10 aromatic rings. The second-order valence-electron chi connectivity index (χ2n) is 14.8. The molecule has 4 nitrogen and oxygen atoms in total. The van der Waals surface area contributed by atoms with Crippen LogP contribution >= 0.6 is 0 Å². The Bertz CT molecular complexity index is 3100. The fourth-order valence-electron chi connectivity index (χ4n) is 9.44. The number of pyridine rings is 1. The van der Waals surface area contributed by atoms with Crippen molar-refractivity contribution in [3.8, 4) is 33.8 Å². The topological polar surface area (TPSA) is 26.6 Å².